The molecular weight excluding hydrogens is 226 g/mol. The van der Waals surface area contributed by atoms with E-state index in [1.807, 2.05) is 12.1 Å². The standard InChI is InChI=1S/C14H19NOSi/c1-17(2,3)16-14(10-15)13-7-5-4-6-12(13)11-8-9-11/h4-7,11,14H,8-9H2,1-3H3. The van der Waals surface area contributed by atoms with Crippen LogP contribution in [0.4, 0.5) is 0 Å². The van der Waals surface area contributed by atoms with Crippen LogP contribution in [0.1, 0.15) is 36.0 Å². The number of nitrogens with zero attached hydrogens (tertiary/aromatic N) is 1. The van der Waals surface area contributed by atoms with Crippen molar-refractivity contribution >= 4 is 8.32 Å². The molecule has 0 amide bonds. The van der Waals surface area contributed by atoms with E-state index >= 15 is 0 Å². The molecule has 1 aromatic carbocycles. The maximum Gasteiger partial charge on any atom is 0.186 e. The Morgan fingerprint density at radius 3 is 2.47 bits per heavy atom. The highest BCUT2D eigenvalue weighted by Crippen LogP contribution is 2.43. The second kappa shape index (κ2) is 4.64. The van der Waals surface area contributed by atoms with E-state index in [-0.39, 0.29) is 0 Å². The number of nitriles is 1. The molecule has 0 spiro atoms. The normalized spacial score (nSPS) is 17.5. The number of benzene rings is 1. The van der Waals surface area contributed by atoms with E-state index in [4.69, 9.17) is 4.43 Å². The monoisotopic (exact) mass is 245 g/mol. The summed E-state index contributed by atoms with van der Waals surface area (Å²) < 4.78 is 5.97. The van der Waals surface area contributed by atoms with E-state index in [0.717, 1.165) is 5.56 Å². The van der Waals surface area contributed by atoms with Gasteiger partial charge >= 0.3 is 0 Å². The molecule has 2 rings (SSSR count). The molecule has 1 atom stereocenters. The molecule has 0 aliphatic heterocycles. The van der Waals surface area contributed by atoms with Gasteiger partial charge in [0.1, 0.15) is 0 Å². The van der Waals surface area contributed by atoms with Gasteiger partial charge in [-0.2, -0.15) is 5.26 Å². The zero-order valence-corrected chi connectivity index (χ0v) is 11.7. The Bertz CT molecular complexity index is 440. The zero-order valence-electron chi connectivity index (χ0n) is 10.7. The summed E-state index contributed by atoms with van der Waals surface area (Å²) >= 11 is 0. The van der Waals surface area contributed by atoms with Crippen LogP contribution in [0.5, 0.6) is 0 Å². The van der Waals surface area contributed by atoms with Gasteiger partial charge in [-0.05, 0) is 49.5 Å². The highest BCUT2D eigenvalue weighted by molar-refractivity contribution is 6.69. The van der Waals surface area contributed by atoms with E-state index in [9.17, 15) is 5.26 Å². The maximum atomic E-state index is 9.32. The summed E-state index contributed by atoms with van der Waals surface area (Å²) in [4.78, 5) is 0. The van der Waals surface area contributed by atoms with Gasteiger partial charge in [-0.25, -0.2) is 0 Å². The van der Waals surface area contributed by atoms with Crippen molar-refractivity contribution in [2.75, 3.05) is 0 Å². The van der Waals surface area contributed by atoms with E-state index in [1.165, 1.54) is 18.4 Å². The molecule has 2 nitrogen and oxygen atoms in total. The number of rotatable bonds is 4. The molecule has 1 aliphatic carbocycles. The van der Waals surface area contributed by atoms with Crippen LogP contribution in [0.15, 0.2) is 24.3 Å². The molecule has 1 saturated carbocycles. The Balaban J connectivity index is 2.28. The van der Waals surface area contributed by atoms with Crippen LogP contribution in [0.25, 0.3) is 0 Å². The molecule has 1 unspecified atom stereocenters. The smallest absolute Gasteiger partial charge is 0.186 e. The Hall–Kier alpha value is -1.11. The first kappa shape index (κ1) is 12.3. The van der Waals surface area contributed by atoms with Crippen molar-refractivity contribution in [3.05, 3.63) is 35.4 Å². The first-order chi connectivity index (χ1) is 8.01. The van der Waals surface area contributed by atoms with E-state index in [2.05, 4.69) is 37.8 Å². The molecule has 0 heterocycles. The molecule has 0 radical (unpaired) electrons. The summed E-state index contributed by atoms with van der Waals surface area (Å²) in [5, 5.41) is 9.32. The van der Waals surface area contributed by atoms with Crippen molar-refractivity contribution in [3.63, 3.8) is 0 Å². The minimum Gasteiger partial charge on any atom is -0.399 e. The molecule has 0 aromatic heterocycles. The van der Waals surface area contributed by atoms with Gasteiger partial charge in [0.05, 0.1) is 6.07 Å². The minimum absolute atomic E-state index is 0.390. The second-order valence-electron chi connectivity index (χ2n) is 5.64. The van der Waals surface area contributed by atoms with Gasteiger partial charge in [-0.3, -0.25) is 0 Å². The fraction of sp³-hybridized carbons (Fsp3) is 0.500. The van der Waals surface area contributed by atoms with Gasteiger partial charge in [0.2, 0.25) is 0 Å². The van der Waals surface area contributed by atoms with Gasteiger partial charge in [-0.15, -0.1) is 0 Å². The zero-order chi connectivity index (χ0) is 12.5. The molecule has 1 fully saturated rings. The predicted molar refractivity (Wildman–Crippen MR) is 71.2 cm³/mol. The first-order valence-corrected chi connectivity index (χ1v) is 9.58. The third-order valence-corrected chi connectivity index (χ3v) is 3.83. The molecule has 90 valence electrons. The number of hydrogen-bond acceptors (Lipinski definition) is 2. The summed E-state index contributed by atoms with van der Waals surface area (Å²) in [5.74, 6) is 0.660. The van der Waals surface area contributed by atoms with Crippen molar-refractivity contribution in [1.29, 1.82) is 5.26 Å². The van der Waals surface area contributed by atoms with Crippen LogP contribution in [0.2, 0.25) is 19.6 Å². The van der Waals surface area contributed by atoms with Gasteiger partial charge < -0.3 is 4.43 Å². The lowest BCUT2D eigenvalue weighted by Crippen LogP contribution is -2.27. The average molecular weight is 245 g/mol. The van der Waals surface area contributed by atoms with E-state index < -0.39 is 14.4 Å². The Kier molecular flexibility index (Phi) is 3.37. The van der Waals surface area contributed by atoms with Crippen molar-refractivity contribution in [2.24, 2.45) is 0 Å². The largest absolute Gasteiger partial charge is 0.399 e. The SMILES string of the molecule is C[Si](C)(C)OC(C#N)c1ccccc1C1CC1. The highest BCUT2D eigenvalue weighted by Gasteiger charge is 2.30. The van der Waals surface area contributed by atoms with Crippen LogP contribution in [0, 0.1) is 11.3 Å². The Morgan fingerprint density at radius 1 is 1.29 bits per heavy atom. The molecule has 17 heavy (non-hydrogen) atoms. The van der Waals surface area contributed by atoms with Crippen molar-refractivity contribution in [3.8, 4) is 6.07 Å². The minimum atomic E-state index is -1.68. The summed E-state index contributed by atoms with van der Waals surface area (Å²) in [6.07, 6.45) is 2.11. The number of hydrogen-bond donors (Lipinski definition) is 0. The lowest BCUT2D eigenvalue weighted by atomic mass is 10.00. The Morgan fingerprint density at radius 2 is 1.94 bits per heavy atom. The van der Waals surface area contributed by atoms with Crippen LogP contribution in [0.3, 0.4) is 0 Å². The van der Waals surface area contributed by atoms with Crippen LogP contribution < -0.4 is 0 Å². The van der Waals surface area contributed by atoms with Crippen molar-refractivity contribution in [2.45, 2.75) is 44.5 Å². The summed E-state index contributed by atoms with van der Waals surface area (Å²) in [5.41, 5.74) is 2.40. The fourth-order valence-electron chi connectivity index (χ4n) is 2.03. The van der Waals surface area contributed by atoms with Crippen LogP contribution in [-0.2, 0) is 4.43 Å². The molecule has 1 aliphatic rings. The summed E-state index contributed by atoms with van der Waals surface area (Å²) in [6, 6.07) is 10.6. The second-order valence-corrected chi connectivity index (χ2v) is 10.1. The molecule has 0 N–H and O–H groups in total. The van der Waals surface area contributed by atoms with Gasteiger partial charge in [-0.1, -0.05) is 24.3 Å². The topological polar surface area (TPSA) is 33.0 Å². The maximum absolute atomic E-state index is 9.32. The lowest BCUT2D eigenvalue weighted by molar-refractivity contribution is 0.254. The molecule has 0 bridgehead atoms. The quantitative estimate of drug-likeness (QED) is 0.752. The fourth-order valence-corrected chi connectivity index (χ4v) is 2.92. The van der Waals surface area contributed by atoms with Crippen LogP contribution in [-0.4, -0.2) is 8.32 Å². The van der Waals surface area contributed by atoms with Gasteiger partial charge in [0.25, 0.3) is 0 Å². The summed E-state index contributed by atoms with van der Waals surface area (Å²) in [7, 11) is -1.68. The van der Waals surface area contributed by atoms with Gasteiger partial charge in [0.15, 0.2) is 14.4 Å². The third-order valence-electron chi connectivity index (χ3n) is 2.88. The average Bonchev–Trinajstić information content (AvgIpc) is 3.08. The summed E-state index contributed by atoms with van der Waals surface area (Å²) in [6.45, 7) is 6.37. The third kappa shape index (κ3) is 3.18. The van der Waals surface area contributed by atoms with E-state index in [1.54, 1.807) is 0 Å². The van der Waals surface area contributed by atoms with Crippen molar-refractivity contribution < 1.29 is 4.43 Å². The van der Waals surface area contributed by atoms with Crippen LogP contribution >= 0.6 is 0 Å². The molecular formula is C14H19NOSi. The predicted octanol–water partition coefficient (Wildman–Crippen LogP) is 3.98. The lowest BCUT2D eigenvalue weighted by Gasteiger charge is -2.23. The van der Waals surface area contributed by atoms with E-state index in [0.29, 0.717) is 5.92 Å². The van der Waals surface area contributed by atoms with Gasteiger partial charge in [0, 0.05) is 0 Å². The molecule has 3 heteroatoms. The van der Waals surface area contributed by atoms with Crippen molar-refractivity contribution in [1.82, 2.24) is 0 Å². The molecule has 1 aromatic rings. The molecule has 0 saturated heterocycles. The first-order valence-electron chi connectivity index (χ1n) is 6.17. The highest BCUT2D eigenvalue weighted by atomic mass is 28.4. The Labute approximate surface area is 104 Å².